The third kappa shape index (κ3) is 5.42. The van der Waals surface area contributed by atoms with Gasteiger partial charge in [0.1, 0.15) is 23.0 Å². The molecule has 0 aliphatic heterocycles. The van der Waals surface area contributed by atoms with Crippen molar-refractivity contribution in [3.05, 3.63) is 83.9 Å². The maximum Gasteiger partial charge on any atom is 0.123 e. The minimum Gasteiger partial charge on any atom is -0.851 e. The fraction of sp³-hybridized carbons (Fsp3) is 0.364. The molecule has 1 saturated carbocycles. The number of benzene rings is 6. The second kappa shape index (κ2) is 14.2. The van der Waals surface area contributed by atoms with Crippen LogP contribution in [0.15, 0.2) is 72.8 Å². The van der Waals surface area contributed by atoms with Gasteiger partial charge in [-0.1, -0.05) is 76.2 Å². The van der Waals surface area contributed by atoms with Crippen LogP contribution < -0.4 is 20.0 Å². The first-order chi connectivity index (χ1) is 25.2. The highest BCUT2D eigenvalue weighted by Crippen LogP contribution is 2.58. The number of hydrogen-bond donors (Lipinski definition) is 4. The standard InChI is InChI=1S/C44H48N2O6/c1-5-21-45(22-6-2)41-25-13-9-17-29(47)33(25)37(34-26(41)14-10-18-30(34)48)39-43(51)40(44(39)52)38-35-27(15-11-19-31(35)49)42(46(23-7-3)24-8-4)28-16-12-20-32(50)36(28)38/h9-20,39-40,43-44,47-50H,5-8,21-24H2,1-4H3/q-2. The van der Waals surface area contributed by atoms with Crippen LogP contribution in [0.25, 0.3) is 43.1 Å². The Hall–Kier alpha value is -4.92. The molecule has 0 radical (unpaired) electrons. The Morgan fingerprint density at radius 2 is 0.692 bits per heavy atom. The maximum atomic E-state index is 15.0. The summed E-state index contributed by atoms with van der Waals surface area (Å²) in [5.41, 5.74) is 2.42. The fourth-order valence-corrected chi connectivity index (χ4v) is 9.05. The predicted octanol–water partition coefficient (Wildman–Crippen LogP) is 7.71. The van der Waals surface area contributed by atoms with Crippen LogP contribution in [0.2, 0.25) is 0 Å². The quantitative estimate of drug-likeness (QED) is 0.0955. The molecular formula is C44H48N2O6-2. The lowest BCUT2D eigenvalue weighted by atomic mass is 9.60. The van der Waals surface area contributed by atoms with E-state index in [1.165, 1.54) is 0 Å². The largest absolute Gasteiger partial charge is 0.851 e. The monoisotopic (exact) mass is 700 g/mol. The van der Waals surface area contributed by atoms with E-state index in [0.29, 0.717) is 32.7 Å². The third-order valence-electron chi connectivity index (χ3n) is 11.0. The number of phenolic OH excluding ortho intramolecular Hbond substituents is 4. The molecule has 0 heterocycles. The van der Waals surface area contributed by atoms with E-state index in [4.69, 9.17) is 0 Å². The van der Waals surface area contributed by atoms with Crippen LogP contribution in [0.3, 0.4) is 0 Å². The first kappa shape index (κ1) is 35.5. The molecule has 0 bridgehead atoms. The van der Waals surface area contributed by atoms with Crippen LogP contribution in [-0.4, -0.2) is 58.8 Å². The summed E-state index contributed by atoms with van der Waals surface area (Å²) in [6, 6.07) is 21.0. The zero-order valence-corrected chi connectivity index (χ0v) is 30.4. The van der Waals surface area contributed by atoms with Gasteiger partial charge in [0.05, 0.1) is 11.4 Å². The molecule has 1 aliphatic carbocycles. The van der Waals surface area contributed by atoms with Crippen LogP contribution in [-0.2, 0) is 0 Å². The molecule has 6 aromatic carbocycles. The Morgan fingerprint density at radius 3 is 0.923 bits per heavy atom. The summed E-state index contributed by atoms with van der Waals surface area (Å²) < 4.78 is 0. The average molecular weight is 701 g/mol. The summed E-state index contributed by atoms with van der Waals surface area (Å²) in [5, 5.41) is 80.6. The van der Waals surface area contributed by atoms with Gasteiger partial charge in [-0.05, 0) is 72.9 Å². The number of hydrogen-bond acceptors (Lipinski definition) is 8. The van der Waals surface area contributed by atoms with Gasteiger partial charge >= 0.3 is 0 Å². The lowest BCUT2D eigenvalue weighted by Gasteiger charge is -2.62. The van der Waals surface area contributed by atoms with Crippen LogP contribution in [0.4, 0.5) is 11.4 Å². The highest BCUT2D eigenvalue weighted by molar-refractivity contribution is 6.19. The van der Waals surface area contributed by atoms with Crippen LogP contribution in [0, 0.1) is 0 Å². The van der Waals surface area contributed by atoms with Gasteiger partial charge in [-0.3, -0.25) is 0 Å². The molecule has 8 heteroatoms. The Labute approximate surface area is 304 Å². The molecule has 52 heavy (non-hydrogen) atoms. The van der Waals surface area contributed by atoms with E-state index >= 15 is 0 Å². The number of fused-ring (bicyclic) bond motifs is 4. The van der Waals surface area contributed by atoms with Gasteiger partial charge in [0.15, 0.2) is 0 Å². The average Bonchev–Trinajstić information content (AvgIpc) is 3.12. The summed E-state index contributed by atoms with van der Waals surface area (Å²) in [4.78, 5) is 4.51. The molecule has 0 saturated heterocycles. The summed E-state index contributed by atoms with van der Waals surface area (Å²) in [6.07, 6.45) is 0.500. The van der Waals surface area contributed by atoms with Gasteiger partial charge in [0, 0.05) is 69.3 Å². The number of phenols is 4. The zero-order valence-electron chi connectivity index (χ0n) is 30.4. The van der Waals surface area contributed by atoms with Gasteiger partial charge in [-0.25, -0.2) is 0 Å². The molecule has 0 atom stereocenters. The third-order valence-corrected chi connectivity index (χ3v) is 11.0. The van der Waals surface area contributed by atoms with Crippen molar-refractivity contribution in [1.82, 2.24) is 0 Å². The molecule has 1 aliphatic rings. The van der Waals surface area contributed by atoms with E-state index in [2.05, 4.69) is 37.5 Å². The molecule has 1 fully saturated rings. The molecule has 4 N–H and O–H groups in total. The van der Waals surface area contributed by atoms with E-state index in [1.807, 2.05) is 24.3 Å². The molecule has 0 amide bonds. The molecule has 6 aromatic rings. The second-order valence-electron chi connectivity index (χ2n) is 14.3. The second-order valence-corrected chi connectivity index (χ2v) is 14.3. The topological polar surface area (TPSA) is 134 Å². The fourth-order valence-electron chi connectivity index (χ4n) is 9.05. The van der Waals surface area contributed by atoms with E-state index < -0.39 is 24.0 Å². The summed E-state index contributed by atoms with van der Waals surface area (Å²) in [6.45, 7) is 11.4. The van der Waals surface area contributed by atoms with E-state index in [0.717, 1.165) is 84.8 Å². The lowest BCUT2D eigenvalue weighted by molar-refractivity contribution is -0.535. The number of aromatic hydroxyl groups is 4. The normalized spacial score (nSPS) is 18.7. The molecule has 7 rings (SSSR count). The first-order valence-corrected chi connectivity index (χ1v) is 18.8. The van der Waals surface area contributed by atoms with Crippen molar-refractivity contribution in [3.8, 4) is 23.0 Å². The van der Waals surface area contributed by atoms with Crippen molar-refractivity contribution in [2.24, 2.45) is 0 Å². The van der Waals surface area contributed by atoms with Crippen molar-refractivity contribution in [2.45, 2.75) is 77.4 Å². The van der Waals surface area contributed by atoms with Gasteiger partial charge < -0.3 is 40.4 Å². The Bertz CT molecular complexity index is 1980. The Balaban J connectivity index is 1.50. The SMILES string of the molecule is CCCN(CCC)c1c2cccc(O)c2c(C2C([O-])C(c3c4c(O)cccc4c(N(CCC)CCC)c4cccc(O)c34)C2[O-])c2c(O)cccc12. The summed E-state index contributed by atoms with van der Waals surface area (Å²) >= 11 is 0. The van der Waals surface area contributed by atoms with Crippen LogP contribution >= 0.6 is 0 Å². The molecular weight excluding hydrogens is 652 g/mol. The lowest BCUT2D eigenvalue weighted by Crippen LogP contribution is -2.63. The number of nitrogens with zero attached hydrogens (tertiary/aromatic N) is 2. The van der Waals surface area contributed by atoms with Gasteiger partial charge in [-0.15, -0.1) is 12.2 Å². The Morgan fingerprint density at radius 1 is 0.442 bits per heavy atom. The smallest absolute Gasteiger partial charge is 0.123 e. The zero-order chi connectivity index (χ0) is 36.8. The molecule has 272 valence electrons. The molecule has 8 nitrogen and oxygen atoms in total. The highest BCUT2D eigenvalue weighted by Gasteiger charge is 2.43. The van der Waals surface area contributed by atoms with Crippen molar-refractivity contribution in [3.63, 3.8) is 0 Å². The van der Waals surface area contributed by atoms with Crippen LogP contribution in [0.5, 0.6) is 23.0 Å². The molecule has 0 aromatic heterocycles. The van der Waals surface area contributed by atoms with Crippen molar-refractivity contribution in [2.75, 3.05) is 36.0 Å². The highest BCUT2D eigenvalue weighted by atomic mass is 16.3. The summed E-state index contributed by atoms with van der Waals surface area (Å²) in [7, 11) is 0. The summed E-state index contributed by atoms with van der Waals surface area (Å²) in [5.74, 6) is -2.49. The minimum atomic E-state index is -1.51. The van der Waals surface area contributed by atoms with Gasteiger partial charge in [0.2, 0.25) is 0 Å². The van der Waals surface area contributed by atoms with Crippen molar-refractivity contribution >= 4 is 54.5 Å². The number of rotatable bonds is 12. The molecule has 0 spiro atoms. The van der Waals surface area contributed by atoms with E-state index in [9.17, 15) is 30.6 Å². The first-order valence-electron chi connectivity index (χ1n) is 18.8. The number of anilines is 2. The van der Waals surface area contributed by atoms with E-state index in [1.54, 1.807) is 48.5 Å². The van der Waals surface area contributed by atoms with E-state index in [-0.39, 0.29) is 23.0 Å². The van der Waals surface area contributed by atoms with Gasteiger partial charge in [0.25, 0.3) is 0 Å². The van der Waals surface area contributed by atoms with Crippen LogP contribution in [0.1, 0.15) is 76.3 Å². The van der Waals surface area contributed by atoms with Crippen molar-refractivity contribution in [1.29, 1.82) is 0 Å². The maximum absolute atomic E-state index is 15.0. The predicted molar refractivity (Wildman–Crippen MR) is 208 cm³/mol. The van der Waals surface area contributed by atoms with Crippen molar-refractivity contribution < 1.29 is 30.6 Å². The Kier molecular flexibility index (Phi) is 9.72. The molecule has 0 unspecified atom stereocenters. The van der Waals surface area contributed by atoms with Gasteiger partial charge in [-0.2, -0.15) is 0 Å². The minimum absolute atomic E-state index is 0.0582.